The van der Waals surface area contributed by atoms with Gasteiger partial charge in [-0.3, -0.25) is 9.78 Å². The molecule has 5 heteroatoms. The second kappa shape index (κ2) is 6.07. The Morgan fingerprint density at radius 2 is 2.05 bits per heavy atom. The standard InChI is InChI=1S/C17H18ClN3O/c18-14-6-4-12(5-7-14)17(16(19)22,13-8-10-20-11-13)15-3-1-2-9-21-15/h1-7,9,13,20H,8,10-11H2,(H2,19,22). The molecular weight excluding hydrogens is 298 g/mol. The smallest absolute Gasteiger partial charge is 0.234 e. The van der Waals surface area contributed by atoms with Crippen molar-refractivity contribution in [3.63, 3.8) is 0 Å². The highest BCUT2D eigenvalue weighted by Gasteiger charge is 2.49. The molecule has 2 unspecified atom stereocenters. The Hall–Kier alpha value is -1.91. The van der Waals surface area contributed by atoms with Gasteiger partial charge in [-0.2, -0.15) is 0 Å². The summed E-state index contributed by atoms with van der Waals surface area (Å²) in [6, 6.07) is 12.9. The molecule has 3 rings (SSSR count). The van der Waals surface area contributed by atoms with Gasteiger partial charge in [-0.15, -0.1) is 0 Å². The van der Waals surface area contributed by atoms with Crippen molar-refractivity contribution in [2.45, 2.75) is 11.8 Å². The molecule has 2 aromatic rings. The molecule has 0 aliphatic carbocycles. The van der Waals surface area contributed by atoms with Gasteiger partial charge in [0.05, 0.1) is 5.69 Å². The molecule has 1 aliphatic rings. The van der Waals surface area contributed by atoms with Crippen LogP contribution < -0.4 is 11.1 Å². The van der Waals surface area contributed by atoms with Crippen LogP contribution in [0.4, 0.5) is 0 Å². The number of hydrogen-bond acceptors (Lipinski definition) is 3. The van der Waals surface area contributed by atoms with E-state index in [0.717, 1.165) is 25.1 Å². The molecule has 0 radical (unpaired) electrons. The van der Waals surface area contributed by atoms with Crippen molar-refractivity contribution >= 4 is 17.5 Å². The van der Waals surface area contributed by atoms with Crippen LogP contribution in [0.2, 0.25) is 5.02 Å². The Bertz CT molecular complexity index is 653. The van der Waals surface area contributed by atoms with Gasteiger partial charge in [-0.1, -0.05) is 29.8 Å². The third-order valence-corrected chi connectivity index (χ3v) is 4.68. The summed E-state index contributed by atoms with van der Waals surface area (Å²) in [5, 5.41) is 3.95. The highest BCUT2D eigenvalue weighted by atomic mass is 35.5. The van der Waals surface area contributed by atoms with E-state index in [9.17, 15) is 4.79 Å². The van der Waals surface area contributed by atoms with E-state index in [1.54, 1.807) is 18.3 Å². The van der Waals surface area contributed by atoms with Crippen molar-refractivity contribution in [3.05, 3.63) is 64.9 Å². The van der Waals surface area contributed by atoms with Gasteiger partial charge in [-0.25, -0.2) is 0 Å². The minimum absolute atomic E-state index is 0.0704. The first-order chi connectivity index (χ1) is 10.7. The Balaban J connectivity index is 2.23. The minimum Gasteiger partial charge on any atom is -0.369 e. The van der Waals surface area contributed by atoms with E-state index in [2.05, 4.69) is 10.3 Å². The lowest BCUT2D eigenvalue weighted by atomic mass is 9.66. The number of nitrogens with one attached hydrogen (secondary N) is 1. The van der Waals surface area contributed by atoms with E-state index < -0.39 is 5.41 Å². The van der Waals surface area contributed by atoms with Crippen molar-refractivity contribution in [1.29, 1.82) is 0 Å². The quantitative estimate of drug-likeness (QED) is 0.908. The van der Waals surface area contributed by atoms with E-state index in [4.69, 9.17) is 17.3 Å². The largest absolute Gasteiger partial charge is 0.369 e. The first kappa shape index (κ1) is 15.0. The van der Waals surface area contributed by atoms with Gasteiger partial charge in [-0.05, 0) is 55.3 Å². The molecule has 1 aromatic heterocycles. The number of carbonyl (C=O) groups excluding carboxylic acids is 1. The number of nitrogens with zero attached hydrogens (tertiary/aromatic N) is 1. The van der Waals surface area contributed by atoms with Gasteiger partial charge in [0.1, 0.15) is 5.41 Å². The van der Waals surface area contributed by atoms with Crippen LogP contribution >= 0.6 is 11.6 Å². The summed E-state index contributed by atoms with van der Waals surface area (Å²) in [5.41, 5.74) is 6.52. The van der Waals surface area contributed by atoms with E-state index in [-0.39, 0.29) is 11.8 Å². The lowest BCUT2D eigenvalue weighted by molar-refractivity contribution is -0.123. The second-order valence-electron chi connectivity index (χ2n) is 5.58. The summed E-state index contributed by atoms with van der Waals surface area (Å²) in [7, 11) is 0. The minimum atomic E-state index is -0.935. The fraction of sp³-hybridized carbons (Fsp3) is 0.294. The van der Waals surface area contributed by atoms with Crippen LogP contribution in [0.5, 0.6) is 0 Å². The molecule has 22 heavy (non-hydrogen) atoms. The van der Waals surface area contributed by atoms with Crippen LogP contribution in [-0.4, -0.2) is 24.0 Å². The number of halogens is 1. The number of aromatic nitrogens is 1. The van der Waals surface area contributed by atoms with Gasteiger partial charge in [0.25, 0.3) is 0 Å². The number of hydrogen-bond donors (Lipinski definition) is 2. The van der Waals surface area contributed by atoms with E-state index >= 15 is 0 Å². The molecule has 4 nitrogen and oxygen atoms in total. The number of nitrogens with two attached hydrogens (primary N) is 1. The molecule has 1 aliphatic heterocycles. The maximum absolute atomic E-state index is 12.6. The number of primary amides is 1. The number of rotatable bonds is 4. The lowest BCUT2D eigenvalue weighted by Gasteiger charge is -2.36. The predicted molar refractivity (Wildman–Crippen MR) is 86.6 cm³/mol. The molecule has 2 atom stereocenters. The SMILES string of the molecule is NC(=O)C(c1ccc(Cl)cc1)(c1ccccn1)C1CCNC1. The average Bonchev–Trinajstić information content (AvgIpc) is 3.05. The third kappa shape index (κ3) is 2.38. The molecule has 114 valence electrons. The van der Waals surface area contributed by atoms with Crippen molar-refractivity contribution < 1.29 is 4.79 Å². The van der Waals surface area contributed by atoms with Crippen molar-refractivity contribution in [3.8, 4) is 0 Å². The van der Waals surface area contributed by atoms with Crippen LogP contribution in [0.15, 0.2) is 48.7 Å². The Morgan fingerprint density at radius 3 is 2.59 bits per heavy atom. The highest BCUT2D eigenvalue weighted by Crippen LogP contribution is 2.41. The normalized spacial score (nSPS) is 20.5. The summed E-state index contributed by atoms with van der Waals surface area (Å²) in [5.74, 6) is -0.303. The van der Waals surface area contributed by atoms with Gasteiger partial charge in [0.15, 0.2) is 0 Å². The van der Waals surface area contributed by atoms with Crippen LogP contribution in [-0.2, 0) is 10.2 Å². The summed E-state index contributed by atoms with van der Waals surface area (Å²) in [4.78, 5) is 17.1. The van der Waals surface area contributed by atoms with E-state index in [1.807, 2.05) is 30.3 Å². The topological polar surface area (TPSA) is 68.0 Å². The summed E-state index contributed by atoms with van der Waals surface area (Å²) >= 11 is 6.00. The molecule has 1 amide bonds. The maximum atomic E-state index is 12.6. The molecule has 0 bridgehead atoms. The van der Waals surface area contributed by atoms with Gasteiger partial charge < -0.3 is 11.1 Å². The molecule has 0 saturated carbocycles. The molecular formula is C17H18ClN3O. The molecule has 3 N–H and O–H groups in total. The van der Waals surface area contributed by atoms with Crippen LogP contribution in [0, 0.1) is 5.92 Å². The zero-order valence-electron chi connectivity index (χ0n) is 12.1. The van der Waals surface area contributed by atoms with Crippen molar-refractivity contribution in [2.24, 2.45) is 11.7 Å². The first-order valence-electron chi connectivity index (χ1n) is 7.34. The predicted octanol–water partition coefficient (Wildman–Crippen LogP) is 2.12. The van der Waals surface area contributed by atoms with Crippen LogP contribution in [0.1, 0.15) is 17.7 Å². The monoisotopic (exact) mass is 315 g/mol. The zero-order chi connectivity index (χ0) is 15.6. The zero-order valence-corrected chi connectivity index (χ0v) is 12.9. The summed E-state index contributed by atoms with van der Waals surface area (Å²) in [6.45, 7) is 1.61. The first-order valence-corrected chi connectivity index (χ1v) is 7.71. The molecule has 2 heterocycles. The molecule has 0 spiro atoms. The Labute approximate surface area is 134 Å². The molecule has 1 saturated heterocycles. The number of carbonyl (C=O) groups is 1. The Morgan fingerprint density at radius 1 is 1.27 bits per heavy atom. The highest BCUT2D eigenvalue weighted by molar-refractivity contribution is 6.30. The fourth-order valence-electron chi connectivity index (χ4n) is 3.40. The van der Waals surface area contributed by atoms with Gasteiger partial charge >= 0.3 is 0 Å². The van der Waals surface area contributed by atoms with Gasteiger partial charge in [0.2, 0.25) is 5.91 Å². The number of amides is 1. The fourth-order valence-corrected chi connectivity index (χ4v) is 3.52. The Kier molecular flexibility index (Phi) is 4.14. The lowest BCUT2D eigenvalue weighted by Crippen LogP contribution is -2.49. The third-order valence-electron chi connectivity index (χ3n) is 4.43. The van der Waals surface area contributed by atoms with Crippen molar-refractivity contribution in [2.75, 3.05) is 13.1 Å². The van der Waals surface area contributed by atoms with E-state index in [0.29, 0.717) is 10.7 Å². The van der Waals surface area contributed by atoms with Crippen molar-refractivity contribution in [1.82, 2.24) is 10.3 Å². The summed E-state index contributed by atoms with van der Waals surface area (Å²) in [6.07, 6.45) is 2.58. The van der Waals surface area contributed by atoms with Gasteiger partial charge in [0, 0.05) is 11.2 Å². The van der Waals surface area contributed by atoms with E-state index in [1.165, 1.54) is 0 Å². The average molecular weight is 316 g/mol. The molecule has 1 fully saturated rings. The maximum Gasteiger partial charge on any atom is 0.234 e. The van der Waals surface area contributed by atoms with Crippen LogP contribution in [0.25, 0.3) is 0 Å². The summed E-state index contributed by atoms with van der Waals surface area (Å²) < 4.78 is 0. The second-order valence-corrected chi connectivity index (χ2v) is 6.02. The van der Waals surface area contributed by atoms with Crippen LogP contribution in [0.3, 0.4) is 0 Å². The number of benzene rings is 1. The number of pyridine rings is 1. The molecule has 1 aromatic carbocycles.